The van der Waals surface area contributed by atoms with Crippen LogP contribution in [0.1, 0.15) is 72.6 Å². The van der Waals surface area contributed by atoms with Gasteiger partial charge in [0.2, 0.25) is 0 Å². The van der Waals surface area contributed by atoms with E-state index in [1.807, 2.05) is 0 Å². The Morgan fingerprint density at radius 1 is 1.07 bits per heavy atom. The largest absolute Gasteiger partial charge is 0.325 e. The van der Waals surface area contributed by atoms with Crippen molar-refractivity contribution >= 4 is 0 Å². The molecule has 0 aromatic rings. The third-order valence-electron chi connectivity index (χ3n) is 4.05. The summed E-state index contributed by atoms with van der Waals surface area (Å²) in [6.45, 7) is 9.37. The highest BCUT2D eigenvalue weighted by Gasteiger charge is 2.32. The van der Waals surface area contributed by atoms with Crippen LogP contribution in [0.15, 0.2) is 0 Å². The summed E-state index contributed by atoms with van der Waals surface area (Å²) in [5.74, 6) is 0.793. The highest BCUT2D eigenvalue weighted by molar-refractivity contribution is 4.90. The van der Waals surface area contributed by atoms with Crippen molar-refractivity contribution < 1.29 is 0 Å². The molecule has 1 nitrogen and oxygen atoms in total. The van der Waals surface area contributed by atoms with Crippen molar-refractivity contribution in [3.63, 3.8) is 0 Å². The Labute approximate surface area is 95.8 Å². The first kappa shape index (κ1) is 13.0. The summed E-state index contributed by atoms with van der Waals surface area (Å²) in [5.41, 5.74) is 7.21. The SMILES string of the molecule is CC(C)CCC1(N)CCCC(C)(C)CC1. The van der Waals surface area contributed by atoms with Crippen molar-refractivity contribution in [2.24, 2.45) is 17.1 Å². The highest BCUT2D eigenvalue weighted by Crippen LogP contribution is 2.39. The predicted molar refractivity (Wildman–Crippen MR) is 67.9 cm³/mol. The molecule has 1 fully saturated rings. The quantitative estimate of drug-likeness (QED) is 0.698. The van der Waals surface area contributed by atoms with Gasteiger partial charge in [0.15, 0.2) is 0 Å². The Bertz CT molecular complexity index is 196. The van der Waals surface area contributed by atoms with E-state index in [0.29, 0.717) is 5.41 Å². The molecule has 1 rings (SSSR count). The molecule has 1 saturated carbocycles. The van der Waals surface area contributed by atoms with Crippen molar-refractivity contribution in [1.29, 1.82) is 0 Å². The molecule has 0 aliphatic heterocycles. The smallest absolute Gasteiger partial charge is 0.0154 e. The monoisotopic (exact) mass is 211 g/mol. The first-order valence-electron chi connectivity index (χ1n) is 6.62. The van der Waals surface area contributed by atoms with Crippen LogP contribution in [0.2, 0.25) is 0 Å². The zero-order valence-electron chi connectivity index (χ0n) is 11.1. The number of hydrogen-bond acceptors (Lipinski definition) is 1. The third-order valence-corrected chi connectivity index (χ3v) is 4.05. The molecule has 0 saturated heterocycles. The maximum absolute atomic E-state index is 6.53. The molecule has 0 aromatic heterocycles. The molecule has 1 aliphatic rings. The molecule has 0 spiro atoms. The summed E-state index contributed by atoms with van der Waals surface area (Å²) in [7, 11) is 0. The fourth-order valence-electron chi connectivity index (χ4n) is 2.58. The average Bonchev–Trinajstić information content (AvgIpc) is 2.24. The maximum atomic E-state index is 6.53. The molecule has 0 radical (unpaired) electrons. The molecule has 0 amide bonds. The minimum Gasteiger partial charge on any atom is -0.325 e. The van der Waals surface area contributed by atoms with Crippen molar-refractivity contribution in [1.82, 2.24) is 0 Å². The zero-order valence-corrected chi connectivity index (χ0v) is 11.1. The van der Waals surface area contributed by atoms with Gasteiger partial charge in [-0.1, -0.05) is 34.1 Å². The van der Waals surface area contributed by atoms with E-state index in [9.17, 15) is 0 Å². The van der Waals surface area contributed by atoms with Crippen molar-refractivity contribution in [3.8, 4) is 0 Å². The molecule has 0 heterocycles. The second kappa shape index (κ2) is 4.86. The summed E-state index contributed by atoms with van der Waals surface area (Å²) < 4.78 is 0. The molecule has 1 unspecified atom stereocenters. The lowest BCUT2D eigenvalue weighted by Crippen LogP contribution is -2.39. The minimum atomic E-state index is 0.151. The molecule has 1 heteroatoms. The molecule has 90 valence electrons. The van der Waals surface area contributed by atoms with E-state index < -0.39 is 0 Å². The van der Waals surface area contributed by atoms with Gasteiger partial charge in [-0.05, 0) is 49.9 Å². The third kappa shape index (κ3) is 4.55. The second-order valence-electron chi connectivity index (χ2n) is 6.81. The van der Waals surface area contributed by atoms with E-state index in [1.165, 1.54) is 44.9 Å². The molecule has 1 aliphatic carbocycles. The Kier molecular flexibility index (Phi) is 4.22. The minimum absolute atomic E-state index is 0.151. The molecule has 1 atom stereocenters. The van der Waals surface area contributed by atoms with E-state index in [1.54, 1.807) is 0 Å². The molecule has 15 heavy (non-hydrogen) atoms. The molecular weight excluding hydrogens is 182 g/mol. The van der Waals surface area contributed by atoms with Crippen molar-refractivity contribution in [2.45, 2.75) is 78.2 Å². The normalized spacial score (nSPS) is 31.6. The van der Waals surface area contributed by atoms with E-state index in [4.69, 9.17) is 5.73 Å². The Morgan fingerprint density at radius 3 is 2.33 bits per heavy atom. The number of hydrogen-bond donors (Lipinski definition) is 1. The van der Waals surface area contributed by atoms with Crippen LogP contribution in [0.5, 0.6) is 0 Å². The number of nitrogens with two attached hydrogens (primary N) is 1. The molecule has 0 aromatic carbocycles. The van der Waals surface area contributed by atoms with Gasteiger partial charge in [0.1, 0.15) is 0 Å². The highest BCUT2D eigenvalue weighted by atomic mass is 14.7. The second-order valence-corrected chi connectivity index (χ2v) is 6.81. The Balaban J connectivity index is 2.47. The fourth-order valence-corrected chi connectivity index (χ4v) is 2.58. The van der Waals surface area contributed by atoms with Gasteiger partial charge in [-0.3, -0.25) is 0 Å². The first-order chi connectivity index (χ1) is 6.83. The van der Waals surface area contributed by atoms with E-state index in [0.717, 1.165) is 5.92 Å². The van der Waals surface area contributed by atoms with Crippen LogP contribution in [0.3, 0.4) is 0 Å². The lowest BCUT2D eigenvalue weighted by molar-refractivity contribution is 0.282. The van der Waals surface area contributed by atoms with Crippen molar-refractivity contribution in [2.75, 3.05) is 0 Å². The van der Waals surface area contributed by atoms with E-state index >= 15 is 0 Å². The molecule has 2 N–H and O–H groups in total. The maximum Gasteiger partial charge on any atom is 0.0154 e. The van der Waals surface area contributed by atoms with Crippen LogP contribution in [0.25, 0.3) is 0 Å². The predicted octanol–water partition coefficient (Wildman–Crippen LogP) is 4.11. The fraction of sp³-hybridized carbons (Fsp3) is 1.00. The lowest BCUT2D eigenvalue weighted by atomic mass is 9.81. The Morgan fingerprint density at radius 2 is 1.73 bits per heavy atom. The topological polar surface area (TPSA) is 26.0 Å². The summed E-state index contributed by atoms with van der Waals surface area (Å²) >= 11 is 0. The first-order valence-corrected chi connectivity index (χ1v) is 6.62. The van der Waals surface area contributed by atoms with Gasteiger partial charge in [0.05, 0.1) is 0 Å². The van der Waals surface area contributed by atoms with Gasteiger partial charge in [-0.15, -0.1) is 0 Å². The van der Waals surface area contributed by atoms with E-state index in [2.05, 4.69) is 27.7 Å². The van der Waals surface area contributed by atoms with Gasteiger partial charge < -0.3 is 5.73 Å². The summed E-state index contributed by atoms with van der Waals surface area (Å²) in [6, 6.07) is 0. The zero-order chi connectivity index (χ0) is 11.5. The van der Waals surface area contributed by atoms with Crippen LogP contribution in [-0.4, -0.2) is 5.54 Å². The molecule has 0 bridgehead atoms. The van der Waals surface area contributed by atoms with Gasteiger partial charge in [-0.2, -0.15) is 0 Å². The summed E-state index contributed by atoms with van der Waals surface area (Å²) in [6.07, 6.45) is 8.96. The van der Waals surface area contributed by atoms with Gasteiger partial charge in [-0.25, -0.2) is 0 Å². The van der Waals surface area contributed by atoms with Gasteiger partial charge >= 0.3 is 0 Å². The standard InChI is InChI=1S/C14H29N/c1-12(2)6-9-14(15)8-5-7-13(3,4)10-11-14/h12H,5-11,15H2,1-4H3. The van der Waals surface area contributed by atoms with Crippen LogP contribution in [0, 0.1) is 11.3 Å². The summed E-state index contributed by atoms with van der Waals surface area (Å²) in [4.78, 5) is 0. The van der Waals surface area contributed by atoms with Crippen molar-refractivity contribution in [3.05, 3.63) is 0 Å². The van der Waals surface area contributed by atoms with Crippen LogP contribution >= 0.6 is 0 Å². The Hall–Kier alpha value is -0.0400. The lowest BCUT2D eigenvalue weighted by Gasteiger charge is -2.30. The van der Waals surface area contributed by atoms with Gasteiger partial charge in [0, 0.05) is 5.54 Å². The number of rotatable bonds is 3. The van der Waals surface area contributed by atoms with Crippen LogP contribution < -0.4 is 5.73 Å². The van der Waals surface area contributed by atoms with Crippen LogP contribution in [0.4, 0.5) is 0 Å². The van der Waals surface area contributed by atoms with E-state index in [-0.39, 0.29) is 5.54 Å². The summed E-state index contributed by atoms with van der Waals surface area (Å²) in [5, 5.41) is 0. The van der Waals surface area contributed by atoms with Crippen LogP contribution in [-0.2, 0) is 0 Å². The molecular formula is C14H29N. The average molecular weight is 211 g/mol. The van der Waals surface area contributed by atoms with Gasteiger partial charge in [0.25, 0.3) is 0 Å².